The molecule has 0 radical (unpaired) electrons. The van der Waals surface area contributed by atoms with Crippen molar-refractivity contribution < 1.29 is 19.4 Å². The standard InChI is InChI=1S/C16H20N2O4/c19-15(20)11-18-10-13(9-12-3-1-2-4-14(12)18)16(21)17-5-7-22-8-6-17/h1-4,13H,5-11H2,(H,19,20). The van der Waals surface area contributed by atoms with E-state index in [2.05, 4.69) is 0 Å². The van der Waals surface area contributed by atoms with Crippen molar-refractivity contribution in [3.63, 3.8) is 0 Å². The fraction of sp³-hybridized carbons (Fsp3) is 0.500. The number of ether oxygens (including phenoxy) is 1. The molecule has 1 unspecified atom stereocenters. The third-order valence-corrected chi connectivity index (χ3v) is 4.24. The van der Waals surface area contributed by atoms with Crippen LogP contribution >= 0.6 is 0 Å². The average Bonchev–Trinajstić information content (AvgIpc) is 2.54. The Morgan fingerprint density at radius 2 is 1.95 bits per heavy atom. The zero-order chi connectivity index (χ0) is 15.5. The summed E-state index contributed by atoms with van der Waals surface area (Å²) in [6.45, 7) is 2.77. The SMILES string of the molecule is O=C(O)CN1CC(C(=O)N2CCOCC2)Cc2ccccc21. The van der Waals surface area contributed by atoms with Crippen LogP contribution in [0.25, 0.3) is 0 Å². The van der Waals surface area contributed by atoms with Crippen LogP contribution in [-0.2, 0) is 20.7 Å². The van der Waals surface area contributed by atoms with E-state index in [1.807, 2.05) is 29.2 Å². The molecule has 6 heteroatoms. The molecule has 1 amide bonds. The van der Waals surface area contributed by atoms with Crippen molar-refractivity contribution in [2.45, 2.75) is 6.42 Å². The quantitative estimate of drug-likeness (QED) is 0.886. The maximum absolute atomic E-state index is 12.7. The van der Waals surface area contributed by atoms with Gasteiger partial charge in [-0.2, -0.15) is 0 Å². The van der Waals surface area contributed by atoms with E-state index in [-0.39, 0.29) is 18.4 Å². The first-order valence-corrected chi connectivity index (χ1v) is 7.56. The molecule has 0 saturated carbocycles. The Bertz CT molecular complexity index is 569. The number of carbonyl (C=O) groups is 2. The number of para-hydroxylation sites is 1. The van der Waals surface area contributed by atoms with Crippen LogP contribution in [0.5, 0.6) is 0 Å². The normalized spacial score (nSPS) is 21.4. The summed E-state index contributed by atoms with van der Waals surface area (Å²) in [6, 6.07) is 7.73. The van der Waals surface area contributed by atoms with E-state index in [4.69, 9.17) is 9.84 Å². The lowest BCUT2D eigenvalue weighted by Gasteiger charge is -2.37. The van der Waals surface area contributed by atoms with Crippen molar-refractivity contribution in [1.29, 1.82) is 0 Å². The van der Waals surface area contributed by atoms with Crippen molar-refractivity contribution >= 4 is 17.6 Å². The van der Waals surface area contributed by atoms with E-state index in [1.54, 1.807) is 4.90 Å². The second kappa shape index (κ2) is 6.36. The minimum atomic E-state index is -0.880. The Kier molecular flexibility index (Phi) is 4.29. The van der Waals surface area contributed by atoms with Crippen molar-refractivity contribution in [3.05, 3.63) is 29.8 Å². The number of benzene rings is 1. The maximum Gasteiger partial charge on any atom is 0.323 e. The Morgan fingerprint density at radius 3 is 2.68 bits per heavy atom. The van der Waals surface area contributed by atoms with Crippen molar-refractivity contribution in [2.75, 3.05) is 44.3 Å². The summed E-state index contributed by atoms with van der Waals surface area (Å²) in [5, 5.41) is 9.11. The van der Waals surface area contributed by atoms with E-state index in [1.165, 1.54) is 0 Å². The highest BCUT2D eigenvalue weighted by Gasteiger charge is 2.33. The molecule has 1 atom stereocenters. The Balaban J connectivity index is 1.79. The van der Waals surface area contributed by atoms with Gasteiger partial charge >= 0.3 is 5.97 Å². The number of aliphatic carboxylic acids is 1. The molecule has 0 aliphatic carbocycles. The van der Waals surface area contributed by atoms with E-state index in [9.17, 15) is 9.59 Å². The lowest BCUT2D eigenvalue weighted by Crippen LogP contribution is -2.49. The molecule has 3 rings (SSSR count). The van der Waals surface area contributed by atoms with Gasteiger partial charge in [-0.25, -0.2) is 0 Å². The Morgan fingerprint density at radius 1 is 1.23 bits per heavy atom. The number of nitrogens with zero attached hydrogens (tertiary/aromatic N) is 2. The molecule has 1 aromatic rings. The van der Waals surface area contributed by atoms with Crippen LogP contribution in [0, 0.1) is 5.92 Å². The van der Waals surface area contributed by atoms with Crippen LogP contribution in [0.3, 0.4) is 0 Å². The largest absolute Gasteiger partial charge is 0.480 e. The smallest absolute Gasteiger partial charge is 0.323 e. The topological polar surface area (TPSA) is 70.1 Å². The number of hydrogen-bond acceptors (Lipinski definition) is 4. The van der Waals surface area contributed by atoms with Gasteiger partial charge in [0.05, 0.1) is 19.1 Å². The van der Waals surface area contributed by atoms with Crippen LogP contribution in [0.1, 0.15) is 5.56 Å². The van der Waals surface area contributed by atoms with Gasteiger partial charge in [-0.1, -0.05) is 18.2 Å². The molecule has 0 bridgehead atoms. The van der Waals surface area contributed by atoms with Crippen LogP contribution in [0.15, 0.2) is 24.3 Å². The number of hydrogen-bond donors (Lipinski definition) is 1. The van der Waals surface area contributed by atoms with Crippen LogP contribution in [0.2, 0.25) is 0 Å². The highest BCUT2D eigenvalue weighted by Crippen LogP contribution is 2.30. The molecule has 1 fully saturated rings. The summed E-state index contributed by atoms with van der Waals surface area (Å²) in [6.07, 6.45) is 0.669. The van der Waals surface area contributed by atoms with Gasteiger partial charge in [0.2, 0.25) is 5.91 Å². The first kappa shape index (κ1) is 14.8. The summed E-state index contributed by atoms with van der Waals surface area (Å²) in [5.41, 5.74) is 1.97. The molecule has 2 aliphatic heterocycles. The maximum atomic E-state index is 12.7. The third-order valence-electron chi connectivity index (χ3n) is 4.24. The predicted octanol–water partition coefficient (Wildman–Crippen LogP) is 0.609. The lowest BCUT2D eigenvalue weighted by molar-refractivity contribution is -0.140. The minimum Gasteiger partial charge on any atom is -0.480 e. The van der Waals surface area contributed by atoms with Gasteiger partial charge in [-0.05, 0) is 18.1 Å². The van der Waals surface area contributed by atoms with Gasteiger partial charge in [-0.15, -0.1) is 0 Å². The number of carbonyl (C=O) groups excluding carboxylic acids is 1. The molecule has 118 valence electrons. The monoisotopic (exact) mass is 304 g/mol. The summed E-state index contributed by atoms with van der Waals surface area (Å²) >= 11 is 0. The fourth-order valence-corrected chi connectivity index (χ4v) is 3.21. The van der Waals surface area contributed by atoms with E-state index < -0.39 is 5.97 Å². The van der Waals surface area contributed by atoms with E-state index in [0.717, 1.165) is 11.3 Å². The lowest BCUT2D eigenvalue weighted by atomic mass is 9.91. The number of carboxylic acid groups (broad SMARTS) is 1. The second-order valence-corrected chi connectivity index (χ2v) is 5.74. The molecule has 2 aliphatic rings. The van der Waals surface area contributed by atoms with Gasteiger partial charge < -0.3 is 19.6 Å². The van der Waals surface area contributed by atoms with Crippen LogP contribution in [-0.4, -0.2) is 61.3 Å². The summed E-state index contributed by atoms with van der Waals surface area (Å²) < 4.78 is 5.29. The molecular formula is C16H20N2O4. The number of amides is 1. The number of carboxylic acids is 1. The molecule has 2 heterocycles. The molecule has 1 saturated heterocycles. The predicted molar refractivity (Wildman–Crippen MR) is 80.9 cm³/mol. The zero-order valence-corrected chi connectivity index (χ0v) is 12.4. The molecule has 1 aromatic carbocycles. The molecule has 1 N–H and O–H groups in total. The summed E-state index contributed by atoms with van der Waals surface area (Å²) in [5.74, 6) is -0.963. The Labute approximate surface area is 129 Å². The first-order valence-electron chi connectivity index (χ1n) is 7.56. The van der Waals surface area contributed by atoms with Gasteiger partial charge in [0.15, 0.2) is 0 Å². The number of anilines is 1. The van der Waals surface area contributed by atoms with Gasteiger partial charge in [-0.3, -0.25) is 9.59 Å². The second-order valence-electron chi connectivity index (χ2n) is 5.74. The number of fused-ring (bicyclic) bond motifs is 1. The summed E-state index contributed by atoms with van der Waals surface area (Å²) in [4.78, 5) is 27.4. The van der Waals surface area contributed by atoms with Gasteiger partial charge in [0.1, 0.15) is 6.54 Å². The highest BCUT2D eigenvalue weighted by molar-refractivity contribution is 5.82. The zero-order valence-electron chi connectivity index (χ0n) is 12.4. The third kappa shape index (κ3) is 3.06. The average molecular weight is 304 g/mol. The van der Waals surface area contributed by atoms with Crippen molar-refractivity contribution in [1.82, 2.24) is 4.90 Å². The molecular weight excluding hydrogens is 284 g/mol. The fourth-order valence-electron chi connectivity index (χ4n) is 3.21. The minimum absolute atomic E-state index is 0.0795. The van der Waals surface area contributed by atoms with Gasteiger partial charge in [0, 0.05) is 25.3 Å². The molecule has 6 nitrogen and oxygen atoms in total. The first-order chi connectivity index (χ1) is 10.6. The summed E-state index contributed by atoms with van der Waals surface area (Å²) in [7, 11) is 0. The van der Waals surface area contributed by atoms with Crippen molar-refractivity contribution in [2.24, 2.45) is 5.92 Å². The van der Waals surface area contributed by atoms with Crippen molar-refractivity contribution in [3.8, 4) is 0 Å². The molecule has 22 heavy (non-hydrogen) atoms. The van der Waals surface area contributed by atoms with E-state index >= 15 is 0 Å². The van der Waals surface area contributed by atoms with Crippen LogP contribution in [0.4, 0.5) is 5.69 Å². The number of rotatable bonds is 3. The Hall–Kier alpha value is -2.08. The number of morpholine rings is 1. The highest BCUT2D eigenvalue weighted by atomic mass is 16.5. The molecule has 0 aromatic heterocycles. The van der Waals surface area contributed by atoms with E-state index in [0.29, 0.717) is 39.3 Å². The molecule has 0 spiro atoms. The van der Waals surface area contributed by atoms with Crippen LogP contribution < -0.4 is 4.90 Å². The van der Waals surface area contributed by atoms with Gasteiger partial charge in [0.25, 0.3) is 0 Å².